The number of thiophene rings is 1. The highest BCUT2D eigenvalue weighted by molar-refractivity contribution is 7.26. The van der Waals surface area contributed by atoms with Crippen molar-refractivity contribution >= 4 is 53.3 Å². The van der Waals surface area contributed by atoms with E-state index in [9.17, 15) is 0 Å². The summed E-state index contributed by atoms with van der Waals surface area (Å²) in [6.45, 7) is 0. The normalized spacial score (nSPS) is 11.6. The van der Waals surface area contributed by atoms with Gasteiger partial charge in [0.15, 0.2) is 11.6 Å². The van der Waals surface area contributed by atoms with Crippen molar-refractivity contribution in [3.63, 3.8) is 0 Å². The van der Waals surface area contributed by atoms with Crippen LogP contribution < -0.4 is 0 Å². The molecule has 0 aliphatic rings. The maximum atomic E-state index is 5.26. The molecular formula is C45H28N4S. The van der Waals surface area contributed by atoms with E-state index in [4.69, 9.17) is 15.0 Å². The molecule has 0 spiro atoms. The van der Waals surface area contributed by atoms with Gasteiger partial charge in [0, 0.05) is 37.4 Å². The summed E-state index contributed by atoms with van der Waals surface area (Å²) in [5, 5.41) is 4.83. The van der Waals surface area contributed by atoms with Gasteiger partial charge in [-0.1, -0.05) is 152 Å². The minimum Gasteiger partial charge on any atom is -0.276 e. The molecule has 0 saturated heterocycles. The number of rotatable bonds is 5. The van der Waals surface area contributed by atoms with Crippen LogP contribution in [0.2, 0.25) is 0 Å². The van der Waals surface area contributed by atoms with E-state index in [0.717, 1.165) is 33.1 Å². The Morgan fingerprint density at radius 1 is 0.380 bits per heavy atom. The summed E-state index contributed by atoms with van der Waals surface area (Å²) in [6, 6.07) is 59.6. The van der Waals surface area contributed by atoms with E-state index < -0.39 is 0 Å². The standard InChI is InChI=1S/C45H28N4S/c1-4-12-29(13-5-1)31-20-22-33(23-21-31)44-46-43(32-16-8-3-9-17-32)47-45(48-44)49-39-27-24-34(30-14-6-2-7-15-30)28-38(39)36-25-26-37-35-18-10-11-19-40(35)50-42(37)41(36)49/h1-28H. The van der Waals surface area contributed by atoms with Gasteiger partial charge in [0.25, 0.3) is 0 Å². The first-order valence-corrected chi connectivity index (χ1v) is 17.5. The van der Waals surface area contributed by atoms with Gasteiger partial charge in [-0.15, -0.1) is 11.3 Å². The van der Waals surface area contributed by atoms with Crippen molar-refractivity contribution in [3.05, 3.63) is 170 Å². The zero-order chi connectivity index (χ0) is 33.0. The van der Waals surface area contributed by atoms with Crippen molar-refractivity contribution in [1.29, 1.82) is 0 Å². The van der Waals surface area contributed by atoms with E-state index in [1.807, 2.05) is 35.6 Å². The summed E-state index contributed by atoms with van der Waals surface area (Å²) in [5.41, 5.74) is 8.73. The minimum atomic E-state index is 0.596. The predicted molar refractivity (Wildman–Crippen MR) is 209 cm³/mol. The van der Waals surface area contributed by atoms with Gasteiger partial charge in [-0.05, 0) is 40.5 Å². The SMILES string of the molecule is c1ccc(-c2ccc(-c3nc(-c4ccccc4)nc(-n4c5ccc(-c6ccccc6)cc5c5ccc6c7ccccc7sc6c54)n3)cc2)cc1. The third-order valence-electron chi connectivity index (χ3n) is 9.48. The van der Waals surface area contributed by atoms with Crippen LogP contribution in [-0.4, -0.2) is 19.5 Å². The largest absolute Gasteiger partial charge is 0.276 e. The molecule has 3 aromatic heterocycles. The summed E-state index contributed by atoms with van der Waals surface area (Å²) in [7, 11) is 0. The Bertz CT molecular complexity index is 2840. The van der Waals surface area contributed by atoms with Crippen molar-refractivity contribution in [2.45, 2.75) is 0 Å². The Kier molecular flexibility index (Phi) is 6.64. The van der Waals surface area contributed by atoms with Gasteiger partial charge in [-0.2, -0.15) is 9.97 Å². The van der Waals surface area contributed by atoms with E-state index in [1.165, 1.54) is 42.2 Å². The van der Waals surface area contributed by atoms with Gasteiger partial charge in [0.1, 0.15) is 0 Å². The monoisotopic (exact) mass is 656 g/mol. The summed E-state index contributed by atoms with van der Waals surface area (Å²) >= 11 is 1.82. The lowest BCUT2D eigenvalue weighted by molar-refractivity contribution is 0.955. The molecule has 0 bridgehead atoms. The van der Waals surface area contributed by atoms with E-state index in [2.05, 4.69) is 150 Å². The molecule has 0 amide bonds. The van der Waals surface area contributed by atoms with Crippen molar-refractivity contribution in [2.24, 2.45) is 0 Å². The molecule has 50 heavy (non-hydrogen) atoms. The van der Waals surface area contributed by atoms with Crippen LogP contribution in [-0.2, 0) is 0 Å². The molecule has 0 unspecified atom stereocenters. The zero-order valence-corrected chi connectivity index (χ0v) is 27.7. The van der Waals surface area contributed by atoms with Crippen LogP contribution in [0.15, 0.2) is 170 Å². The number of hydrogen-bond donors (Lipinski definition) is 0. The first-order valence-electron chi connectivity index (χ1n) is 16.7. The van der Waals surface area contributed by atoms with Gasteiger partial charge in [0.05, 0.1) is 15.7 Å². The highest BCUT2D eigenvalue weighted by Gasteiger charge is 2.21. The molecule has 0 saturated carbocycles. The first-order chi connectivity index (χ1) is 24.8. The molecule has 4 nitrogen and oxygen atoms in total. The molecule has 0 radical (unpaired) electrons. The molecule has 0 aliphatic carbocycles. The number of nitrogens with zero attached hydrogens (tertiary/aromatic N) is 4. The second-order valence-electron chi connectivity index (χ2n) is 12.5. The molecule has 0 N–H and O–H groups in total. The maximum Gasteiger partial charge on any atom is 0.238 e. The maximum absolute atomic E-state index is 5.26. The molecule has 7 aromatic carbocycles. The molecule has 0 aliphatic heterocycles. The van der Waals surface area contributed by atoms with Crippen LogP contribution in [0.25, 0.3) is 93.0 Å². The van der Waals surface area contributed by atoms with E-state index in [-0.39, 0.29) is 0 Å². The van der Waals surface area contributed by atoms with Crippen LogP contribution in [0.5, 0.6) is 0 Å². The molecule has 3 heterocycles. The van der Waals surface area contributed by atoms with Gasteiger partial charge >= 0.3 is 0 Å². The van der Waals surface area contributed by atoms with Crippen LogP contribution in [0, 0.1) is 0 Å². The summed E-state index contributed by atoms with van der Waals surface area (Å²) in [5.74, 6) is 1.86. The molecule has 234 valence electrons. The Labute approximate surface area is 292 Å². The van der Waals surface area contributed by atoms with E-state index >= 15 is 0 Å². The molecule has 10 rings (SSSR count). The average Bonchev–Trinajstić information content (AvgIpc) is 3.74. The van der Waals surface area contributed by atoms with Crippen LogP contribution >= 0.6 is 11.3 Å². The summed E-state index contributed by atoms with van der Waals surface area (Å²) in [6.07, 6.45) is 0. The van der Waals surface area contributed by atoms with Crippen LogP contribution in [0.4, 0.5) is 0 Å². The topological polar surface area (TPSA) is 43.6 Å². The van der Waals surface area contributed by atoms with Crippen molar-refractivity contribution in [2.75, 3.05) is 0 Å². The number of hydrogen-bond acceptors (Lipinski definition) is 4. The summed E-state index contributed by atoms with van der Waals surface area (Å²) in [4.78, 5) is 15.5. The molecule has 0 fully saturated rings. The van der Waals surface area contributed by atoms with Crippen molar-refractivity contribution in [3.8, 4) is 51.0 Å². The third-order valence-corrected chi connectivity index (χ3v) is 10.7. The van der Waals surface area contributed by atoms with Crippen molar-refractivity contribution in [1.82, 2.24) is 19.5 Å². The Morgan fingerprint density at radius 3 is 1.60 bits per heavy atom. The number of benzene rings is 7. The fraction of sp³-hybridized carbons (Fsp3) is 0. The Balaban J connectivity index is 1.26. The quantitative estimate of drug-likeness (QED) is 0.185. The average molecular weight is 657 g/mol. The van der Waals surface area contributed by atoms with E-state index in [0.29, 0.717) is 17.6 Å². The third kappa shape index (κ3) is 4.71. The lowest BCUT2D eigenvalue weighted by Gasteiger charge is -2.12. The second kappa shape index (κ2) is 11.6. The van der Waals surface area contributed by atoms with Crippen molar-refractivity contribution < 1.29 is 0 Å². The first kappa shape index (κ1) is 28.6. The van der Waals surface area contributed by atoms with Gasteiger partial charge in [-0.25, -0.2) is 4.98 Å². The van der Waals surface area contributed by atoms with Crippen LogP contribution in [0.1, 0.15) is 0 Å². The number of aromatic nitrogens is 4. The van der Waals surface area contributed by atoms with E-state index in [1.54, 1.807) is 0 Å². The lowest BCUT2D eigenvalue weighted by Crippen LogP contribution is -2.06. The number of fused-ring (bicyclic) bond motifs is 7. The Morgan fingerprint density at radius 2 is 0.900 bits per heavy atom. The molecular weight excluding hydrogens is 629 g/mol. The molecule has 0 atom stereocenters. The minimum absolute atomic E-state index is 0.596. The predicted octanol–water partition coefficient (Wildman–Crippen LogP) is 12.0. The summed E-state index contributed by atoms with van der Waals surface area (Å²) < 4.78 is 4.74. The fourth-order valence-electron chi connectivity index (χ4n) is 7.05. The van der Waals surface area contributed by atoms with Crippen LogP contribution in [0.3, 0.4) is 0 Å². The van der Waals surface area contributed by atoms with Gasteiger partial charge < -0.3 is 0 Å². The van der Waals surface area contributed by atoms with Gasteiger partial charge in [0.2, 0.25) is 5.95 Å². The zero-order valence-electron chi connectivity index (χ0n) is 26.9. The smallest absolute Gasteiger partial charge is 0.238 e. The highest BCUT2D eigenvalue weighted by atomic mass is 32.1. The van der Waals surface area contributed by atoms with Gasteiger partial charge in [-0.3, -0.25) is 4.57 Å². The Hall–Kier alpha value is -6.43. The highest BCUT2D eigenvalue weighted by Crippen LogP contribution is 2.43. The molecule has 10 aromatic rings. The molecule has 5 heteroatoms. The second-order valence-corrected chi connectivity index (χ2v) is 13.5. The lowest BCUT2D eigenvalue weighted by atomic mass is 10.0. The fourth-order valence-corrected chi connectivity index (χ4v) is 8.29.